The fourth-order valence-electron chi connectivity index (χ4n) is 2.22. The topological polar surface area (TPSA) is 75.1 Å². The summed E-state index contributed by atoms with van der Waals surface area (Å²) in [5.74, 6) is -0.677. The zero-order valence-corrected chi connectivity index (χ0v) is 12.0. The van der Waals surface area contributed by atoms with E-state index in [9.17, 15) is 14.3 Å². The molecule has 0 saturated carbocycles. The van der Waals surface area contributed by atoms with E-state index in [4.69, 9.17) is 0 Å². The lowest BCUT2D eigenvalue weighted by Crippen LogP contribution is -2.38. The molecule has 0 spiro atoms. The maximum Gasteiger partial charge on any atom is 0.253 e. The molecular formula is C15H18FN3O2. The molecule has 0 aliphatic carbocycles. The van der Waals surface area contributed by atoms with Crippen LogP contribution in [0.5, 0.6) is 0 Å². The Morgan fingerprint density at radius 1 is 1.33 bits per heavy atom. The number of carbonyl (C=O) groups excluding carboxylic acids is 1. The summed E-state index contributed by atoms with van der Waals surface area (Å²) in [4.78, 5) is 20.4. The van der Waals surface area contributed by atoms with Crippen molar-refractivity contribution in [3.63, 3.8) is 0 Å². The van der Waals surface area contributed by atoms with E-state index in [1.807, 2.05) is 13.8 Å². The van der Waals surface area contributed by atoms with Gasteiger partial charge in [0.15, 0.2) is 0 Å². The number of benzene rings is 1. The van der Waals surface area contributed by atoms with Crippen LogP contribution in [0.25, 0.3) is 11.0 Å². The fraction of sp³-hybridized carbons (Fsp3) is 0.400. The molecule has 0 saturated heterocycles. The molecule has 0 bridgehead atoms. The summed E-state index contributed by atoms with van der Waals surface area (Å²) in [5, 5.41) is 12.0. The number of aliphatic hydroxyl groups excluding tert-OH is 1. The van der Waals surface area contributed by atoms with Gasteiger partial charge in [0, 0.05) is 18.5 Å². The Bertz CT molecular complexity index is 646. The lowest BCUT2D eigenvalue weighted by atomic mass is 10.0. The molecule has 1 aromatic heterocycles. The summed E-state index contributed by atoms with van der Waals surface area (Å²) in [7, 11) is 0. The SMILES string of the molecule is CC(C)CC(CO)NC(=O)c1cc(F)cc2nccnc12. The molecule has 0 aliphatic heterocycles. The standard InChI is InChI=1S/C15H18FN3O2/c1-9(2)5-11(8-20)19-15(21)12-6-10(16)7-13-14(12)18-4-3-17-13/h3-4,6-7,9,11,20H,5,8H2,1-2H3,(H,19,21). The van der Waals surface area contributed by atoms with E-state index in [0.717, 1.165) is 6.07 Å². The van der Waals surface area contributed by atoms with Crippen LogP contribution in [-0.4, -0.2) is 33.6 Å². The van der Waals surface area contributed by atoms with Gasteiger partial charge >= 0.3 is 0 Å². The Morgan fingerprint density at radius 2 is 2.05 bits per heavy atom. The minimum atomic E-state index is -0.544. The molecule has 2 aromatic rings. The molecule has 1 atom stereocenters. The fourth-order valence-corrected chi connectivity index (χ4v) is 2.22. The third-order valence-electron chi connectivity index (χ3n) is 3.09. The van der Waals surface area contributed by atoms with Crippen molar-refractivity contribution >= 4 is 16.9 Å². The molecular weight excluding hydrogens is 273 g/mol. The van der Waals surface area contributed by atoms with E-state index < -0.39 is 11.7 Å². The number of nitrogens with zero attached hydrogens (tertiary/aromatic N) is 2. The van der Waals surface area contributed by atoms with E-state index in [0.29, 0.717) is 23.4 Å². The Balaban J connectivity index is 2.30. The van der Waals surface area contributed by atoms with Crippen molar-refractivity contribution in [3.8, 4) is 0 Å². The molecule has 0 aliphatic rings. The van der Waals surface area contributed by atoms with Gasteiger partial charge in [-0.3, -0.25) is 14.8 Å². The number of aliphatic hydroxyl groups is 1. The van der Waals surface area contributed by atoms with E-state index in [1.54, 1.807) is 0 Å². The van der Waals surface area contributed by atoms with Gasteiger partial charge < -0.3 is 10.4 Å². The monoisotopic (exact) mass is 291 g/mol. The smallest absolute Gasteiger partial charge is 0.253 e. The Labute approximate surface area is 122 Å². The molecule has 5 nitrogen and oxygen atoms in total. The largest absolute Gasteiger partial charge is 0.394 e. The third kappa shape index (κ3) is 3.72. The zero-order valence-electron chi connectivity index (χ0n) is 12.0. The Hall–Kier alpha value is -2.08. The average Bonchev–Trinajstić information content (AvgIpc) is 2.44. The van der Waals surface area contributed by atoms with E-state index in [1.165, 1.54) is 18.5 Å². The molecule has 1 unspecified atom stereocenters. The Kier molecular flexibility index (Phi) is 4.80. The number of fused-ring (bicyclic) bond motifs is 1. The quantitative estimate of drug-likeness (QED) is 0.882. The number of nitrogens with one attached hydrogen (secondary N) is 1. The van der Waals surface area contributed by atoms with Crippen LogP contribution >= 0.6 is 0 Å². The highest BCUT2D eigenvalue weighted by Crippen LogP contribution is 2.17. The molecule has 2 rings (SSSR count). The highest BCUT2D eigenvalue weighted by atomic mass is 19.1. The first-order valence-electron chi connectivity index (χ1n) is 6.83. The van der Waals surface area contributed by atoms with Gasteiger partial charge in [-0.05, 0) is 18.4 Å². The second-order valence-electron chi connectivity index (χ2n) is 5.36. The molecule has 6 heteroatoms. The number of rotatable bonds is 5. The minimum absolute atomic E-state index is 0.125. The number of halogens is 1. The van der Waals surface area contributed by atoms with Gasteiger partial charge in [0.1, 0.15) is 11.3 Å². The van der Waals surface area contributed by atoms with Gasteiger partial charge in [-0.15, -0.1) is 0 Å². The summed E-state index contributed by atoms with van der Waals surface area (Å²) >= 11 is 0. The van der Waals surface area contributed by atoms with Crippen LogP contribution in [-0.2, 0) is 0 Å². The van der Waals surface area contributed by atoms with Crippen molar-refractivity contribution in [3.05, 3.63) is 35.9 Å². The van der Waals surface area contributed by atoms with Gasteiger partial charge in [-0.1, -0.05) is 13.8 Å². The molecule has 2 N–H and O–H groups in total. The highest BCUT2D eigenvalue weighted by Gasteiger charge is 2.18. The number of hydrogen-bond donors (Lipinski definition) is 2. The molecule has 1 heterocycles. The zero-order chi connectivity index (χ0) is 15.4. The van der Waals surface area contributed by atoms with Gasteiger partial charge in [0.2, 0.25) is 0 Å². The molecule has 112 valence electrons. The number of aromatic nitrogens is 2. The number of hydrogen-bond acceptors (Lipinski definition) is 4. The van der Waals surface area contributed by atoms with Crippen molar-refractivity contribution in [2.45, 2.75) is 26.3 Å². The van der Waals surface area contributed by atoms with Crippen LogP contribution < -0.4 is 5.32 Å². The van der Waals surface area contributed by atoms with Gasteiger partial charge in [0.05, 0.1) is 23.7 Å². The van der Waals surface area contributed by atoms with E-state index >= 15 is 0 Å². The summed E-state index contributed by atoms with van der Waals surface area (Å²) < 4.78 is 13.6. The van der Waals surface area contributed by atoms with Crippen LogP contribution in [0, 0.1) is 11.7 Å². The molecule has 21 heavy (non-hydrogen) atoms. The van der Waals surface area contributed by atoms with Crippen molar-refractivity contribution in [1.82, 2.24) is 15.3 Å². The summed E-state index contributed by atoms with van der Waals surface area (Å²) in [6.45, 7) is 3.83. The lowest BCUT2D eigenvalue weighted by Gasteiger charge is -2.18. The second kappa shape index (κ2) is 6.58. The van der Waals surface area contributed by atoms with Crippen LogP contribution in [0.3, 0.4) is 0 Å². The van der Waals surface area contributed by atoms with Gasteiger partial charge in [-0.25, -0.2) is 4.39 Å². The molecule has 0 fully saturated rings. The number of amides is 1. The third-order valence-corrected chi connectivity index (χ3v) is 3.09. The summed E-state index contributed by atoms with van der Waals surface area (Å²) in [6.07, 6.45) is 3.54. The predicted molar refractivity (Wildman–Crippen MR) is 77.3 cm³/mol. The Morgan fingerprint density at radius 3 is 2.71 bits per heavy atom. The molecule has 0 radical (unpaired) electrons. The second-order valence-corrected chi connectivity index (χ2v) is 5.36. The van der Waals surface area contributed by atoms with Crippen molar-refractivity contribution in [1.29, 1.82) is 0 Å². The van der Waals surface area contributed by atoms with Crippen LogP contribution in [0.15, 0.2) is 24.5 Å². The first-order valence-corrected chi connectivity index (χ1v) is 6.83. The number of carbonyl (C=O) groups is 1. The van der Waals surface area contributed by atoms with Crippen LogP contribution in [0.1, 0.15) is 30.6 Å². The van der Waals surface area contributed by atoms with Crippen LogP contribution in [0.2, 0.25) is 0 Å². The van der Waals surface area contributed by atoms with Gasteiger partial charge in [0.25, 0.3) is 5.91 Å². The normalized spacial score (nSPS) is 12.6. The molecule has 1 amide bonds. The molecule has 1 aromatic carbocycles. The maximum atomic E-state index is 13.6. The lowest BCUT2D eigenvalue weighted by molar-refractivity contribution is 0.0909. The van der Waals surface area contributed by atoms with Crippen LogP contribution in [0.4, 0.5) is 4.39 Å². The van der Waals surface area contributed by atoms with Crippen molar-refractivity contribution in [2.75, 3.05) is 6.61 Å². The minimum Gasteiger partial charge on any atom is -0.394 e. The van der Waals surface area contributed by atoms with Gasteiger partial charge in [-0.2, -0.15) is 0 Å². The average molecular weight is 291 g/mol. The van der Waals surface area contributed by atoms with E-state index in [-0.39, 0.29) is 18.2 Å². The first kappa shape index (κ1) is 15.3. The summed E-state index contributed by atoms with van der Waals surface area (Å²) in [5.41, 5.74) is 0.796. The van der Waals surface area contributed by atoms with Crippen molar-refractivity contribution in [2.24, 2.45) is 5.92 Å². The summed E-state index contributed by atoms with van der Waals surface area (Å²) in [6, 6.07) is 2.00. The first-order chi connectivity index (χ1) is 10.0. The highest BCUT2D eigenvalue weighted by molar-refractivity contribution is 6.04. The maximum absolute atomic E-state index is 13.6. The van der Waals surface area contributed by atoms with Crippen molar-refractivity contribution < 1.29 is 14.3 Å². The predicted octanol–water partition coefficient (Wildman–Crippen LogP) is 1.91. The van der Waals surface area contributed by atoms with E-state index in [2.05, 4.69) is 15.3 Å².